The molecule has 4 nitrogen and oxygen atoms in total. The third-order valence-electron chi connectivity index (χ3n) is 5.54. The minimum absolute atomic E-state index is 0.111. The molecule has 1 heterocycles. The van der Waals surface area contributed by atoms with E-state index in [1.54, 1.807) is 11.8 Å². The predicted octanol–water partition coefficient (Wildman–Crippen LogP) is 7.83. The molecule has 4 aromatic rings. The van der Waals surface area contributed by atoms with Gasteiger partial charge in [0.15, 0.2) is 0 Å². The molecule has 0 amide bonds. The van der Waals surface area contributed by atoms with Crippen molar-refractivity contribution in [2.45, 2.75) is 32.2 Å². The number of benzene rings is 3. The number of hydrogen-bond acceptors (Lipinski definition) is 4. The Morgan fingerprint density at radius 1 is 0.914 bits per heavy atom. The Balaban J connectivity index is 1.49. The van der Waals surface area contributed by atoms with Gasteiger partial charge in [0, 0.05) is 10.5 Å². The molecule has 0 aliphatic heterocycles. The van der Waals surface area contributed by atoms with Gasteiger partial charge in [0.2, 0.25) is 11.7 Å². The first-order valence-electron chi connectivity index (χ1n) is 11.4. The minimum Gasteiger partial charge on any atom is -0.490 e. The van der Waals surface area contributed by atoms with E-state index >= 15 is 4.39 Å². The second-order valence-electron chi connectivity index (χ2n) is 8.22. The molecule has 0 fully saturated rings. The van der Waals surface area contributed by atoms with Crippen molar-refractivity contribution in [2.75, 3.05) is 19.5 Å². The van der Waals surface area contributed by atoms with E-state index in [0.717, 1.165) is 27.8 Å². The molecule has 7 heteroatoms. The zero-order chi connectivity index (χ0) is 24.9. The van der Waals surface area contributed by atoms with Crippen LogP contribution in [0.15, 0.2) is 65.6 Å². The molecule has 1 aromatic heterocycles. The molecule has 35 heavy (non-hydrogen) atoms. The highest BCUT2D eigenvalue weighted by atomic mass is 35.5. The Hall–Kier alpha value is -2.96. The molecule has 0 saturated heterocycles. The van der Waals surface area contributed by atoms with Crippen molar-refractivity contribution in [3.05, 3.63) is 82.6 Å². The second kappa shape index (κ2) is 11.2. The summed E-state index contributed by atoms with van der Waals surface area (Å²) in [5, 5.41) is 5.02. The van der Waals surface area contributed by atoms with Gasteiger partial charge in [-0.25, -0.2) is 4.68 Å². The van der Waals surface area contributed by atoms with Crippen molar-refractivity contribution in [2.24, 2.45) is 0 Å². The average Bonchev–Trinajstić information content (AvgIpc) is 3.15. The zero-order valence-electron chi connectivity index (χ0n) is 20.3. The maximum Gasteiger partial charge on any atom is 0.249 e. The van der Waals surface area contributed by atoms with Gasteiger partial charge in [0.25, 0.3) is 0 Å². The maximum absolute atomic E-state index is 15.2. The van der Waals surface area contributed by atoms with E-state index in [0.29, 0.717) is 23.9 Å². The van der Waals surface area contributed by atoms with E-state index in [1.165, 1.54) is 9.58 Å². The maximum atomic E-state index is 15.2. The molecule has 0 bridgehead atoms. The second-order valence-corrected chi connectivity index (χ2v) is 9.51. The third-order valence-corrected chi connectivity index (χ3v) is 6.58. The Morgan fingerprint density at radius 2 is 1.60 bits per heavy atom. The Bertz CT molecular complexity index is 1300. The van der Waals surface area contributed by atoms with Crippen molar-refractivity contribution < 1.29 is 13.9 Å². The number of halogens is 2. The Morgan fingerprint density at radius 3 is 2.23 bits per heavy atom. The first-order valence-corrected chi connectivity index (χ1v) is 13.0. The minimum atomic E-state index is -0.466. The van der Waals surface area contributed by atoms with Gasteiger partial charge in [-0.3, -0.25) is 0 Å². The lowest BCUT2D eigenvalue weighted by Crippen LogP contribution is -2.12. The molecule has 0 spiro atoms. The third kappa shape index (κ3) is 5.82. The predicted molar refractivity (Wildman–Crippen MR) is 142 cm³/mol. The molecule has 0 unspecified atom stereocenters. The van der Waals surface area contributed by atoms with Crippen LogP contribution in [0.3, 0.4) is 0 Å². The number of hydrogen-bond donors (Lipinski definition) is 0. The molecule has 0 N–H and O–H groups in total. The molecule has 3 aromatic carbocycles. The van der Waals surface area contributed by atoms with Crippen LogP contribution in [0.25, 0.3) is 22.4 Å². The van der Waals surface area contributed by atoms with Crippen LogP contribution < -0.4 is 9.47 Å². The molecular weight excluding hydrogens is 483 g/mol. The molecule has 0 radical (unpaired) electrons. The SMILES string of the molecule is CCOc1c(F)c(-c2cc(C)cc(C)c2)nn1CCOc1ccc(-c2ccc(SC)cc2)cc1Cl. The van der Waals surface area contributed by atoms with Crippen molar-refractivity contribution >= 4 is 23.4 Å². The summed E-state index contributed by atoms with van der Waals surface area (Å²) in [6.07, 6.45) is 2.05. The Kier molecular flexibility index (Phi) is 8.04. The standard InChI is InChI=1S/C28H28ClFN2O2S/c1-5-33-28-26(30)27(22-15-18(2)14-19(3)16-22)31-32(28)12-13-34-25-11-8-21(17-24(25)29)20-6-9-23(35-4)10-7-20/h6-11,14-17H,5,12-13H2,1-4H3. The van der Waals surface area contributed by atoms with E-state index < -0.39 is 5.82 Å². The fourth-order valence-corrected chi connectivity index (χ4v) is 4.61. The highest BCUT2D eigenvalue weighted by Crippen LogP contribution is 2.32. The summed E-state index contributed by atoms with van der Waals surface area (Å²) in [5.41, 5.74) is 5.20. The van der Waals surface area contributed by atoms with Gasteiger partial charge in [-0.2, -0.15) is 9.49 Å². The molecular formula is C28H28ClFN2O2S. The fraction of sp³-hybridized carbons (Fsp3) is 0.250. The molecule has 0 atom stereocenters. The number of rotatable bonds is 9. The van der Waals surface area contributed by atoms with Gasteiger partial charge >= 0.3 is 0 Å². The summed E-state index contributed by atoms with van der Waals surface area (Å²) in [5.74, 6) is 0.211. The van der Waals surface area contributed by atoms with E-state index in [1.807, 2.05) is 57.2 Å². The van der Waals surface area contributed by atoms with Crippen LogP contribution >= 0.6 is 23.4 Å². The normalized spacial score (nSPS) is 11.0. The number of aryl methyl sites for hydroxylation is 2. The van der Waals surface area contributed by atoms with Crippen LogP contribution in [0.4, 0.5) is 4.39 Å². The van der Waals surface area contributed by atoms with Crippen LogP contribution in [0, 0.1) is 19.7 Å². The smallest absolute Gasteiger partial charge is 0.249 e. The van der Waals surface area contributed by atoms with Gasteiger partial charge in [0.05, 0.1) is 18.2 Å². The van der Waals surface area contributed by atoms with Crippen LogP contribution in [0.5, 0.6) is 11.6 Å². The summed E-state index contributed by atoms with van der Waals surface area (Å²) in [6, 6.07) is 19.9. The fourth-order valence-electron chi connectivity index (χ4n) is 3.97. The van der Waals surface area contributed by atoms with Gasteiger partial charge in [0.1, 0.15) is 18.1 Å². The van der Waals surface area contributed by atoms with Crippen molar-refractivity contribution in [3.63, 3.8) is 0 Å². The Labute approximate surface area is 215 Å². The van der Waals surface area contributed by atoms with Gasteiger partial charge in [-0.15, -0.1) is 11.8 Å². The molecule has 0 aliphatic rings. The summed E-state index contributed by atoms with van der Waals surface area (Å²) in [4.78, 5) is 1.21. The van der Waals surface area contributed by atoms with E-state index in [-0.39, 0.29) is 18.2 Å². The quantitative estimate of drug-likeness (QED) is 0.215. The lowest BCUT2D eigenvalue weighted by atomic mass is 10.1. The summed E-state index contributed by atoms with van der Waals surface area (Å²) < 4.78 is 28.2. The number of aromatic nitrogens is 2. The van der Waals surface area contributed by atoms with E-state index in [4.69, 9.17) is 21.1 Å². The van der Waals surface area contributed by atoms with E-state index in [2.05, 4.69) is 35.6 Å². The molecule has 182 valence electrons. The van der Waals surface area contributed by atoms with Crippen molar-refractivity contribution in [3.8, 4) is 34.0 Å². The summed E-state index contributed by atoms with van der Waals surface area (Å²) >= 11 is 8.21. The van der Waals surface area contributed by atoms with Crippen LogP contribution in [-0.4, -0.2) is 29.3 Å². The summed E-state index contributed by atoms with van der Waals surface area (Å²) in [7, 11) is 0. The van der Waals surface area contributed by atoms with Crippen LogP contribution in [0.1, 0.15) is 18.1 Å². The molecule has 4 rings (SSSR count). The number of nitrogens with zero attached hydrogens (tertiary/aromatic N) is 2. The lowest BCUT2D eigenvalue weighted by molar-refractivity contribution is 0.253. The number of ether oxygens (including phenoxy) is 2. The summed E-state index contributed by atoms with van der Waals surface area (Å²) in [6.45, 7) is 6.69. The molecule has 0 saturated carbocycles. The first kappa shape index (κ1) is 25.1. The van der Waals surface area contributed by atoms with E-state index in [9.17, 15) is 0 Å². The molecule has 0 aliphatic carbocycles. The van der Waals surface area contributed by atoms with Crippen LogP contribution in [-0.2, 0) is 6.54 Å². The monoisotopic (exact) mass is 510 g/mol. The van der Waals surface area contributed by atoms with Crippen LogP contribution in [0.2, 0.25) is 5.02 Å². The zero-order valence-corrected chi connectivity index (χ0v) is 21.8. The topological polar surface area (TPSA) is 36.3 Å². The average molecular weight is 511 g/mol. The highest BCUT2D eigenvalue weighted by Gasteiger charge is 2.21. The van der Waals surface area contributed by atoms with Gasteiger partial charge in [-0.1, -0.05) is 47.0 Å². The number of thioether (sulfide) groups is 1. The van der Waals surface area contributed by atoms with Crippen molar-refractivity contribution in [1.82, 2.24) is 9.78 Å². The lowest BCUT2D eigenvalue weighted by Gasteiger charge is -2.11. The van der Waals surface area contributed by atoms with Gasteiger partial charge in [-0.05, 0) is 74.6 Å². The highest BCUT2D eigenvalue weighted by molar-refractivity contribution is 7.98. The first-order chi connectivity index (χ1) is 16.9. The largest absolute Gasteiger partial charge is 0.490 e. The van der Waals surface area contributed by atoms with Crippen molar-refractivity contribution in [1.29, 1.82) is 0 Å². The van der Waals surface area contributed by atoms with Gasteiger partial charge < -0.3 is 9.47 Å².